The van der Waals surface area contributed by atoms with E-state index >= 15 is 0 Å². The standard InChI is InChI=1S/C19H25N3O4S/c1-14(2)19(15-7-9-16(26-4)10-8-15)21-18(23)13-22(3)27(24,25)17-6-5-11-20-12-17/h5-12,14,19H,13H2,1-4H3,(H,21,23). The zero-order chi connectivity index (χ0) is 20.0. The minimum atomic E-state index is -3.77. The predicted molar refractivity (Wildman–Crippen MR) is 103 cm³/mol. The first-order valence-corrected chi connectivity index (χ1v) is 9.99. The van der Waals surface area contributed by atoms with Crippen molar-refractivity contribution in [1.29, 1.82) is 0 Å². The van der Waals surface area contributed by atoms with Gasteiger partial charge in [0.05, 0.1) is 19.7 Å². The maximum absolute atomic E-state index is 12.5. The smallest absolute Gasteiger partial charge is 0.244 e. The van der Waals surface area contributed by atoms with E-state index in [-0.39, 0.29) is 29.3 Å². The van der Waals surface area contributed by atoms with Crippen molar-refractivity contribution in [2.24, 2.45) is 5.92 Å². The quantitative estimate of drug-likeness (QED) is 0.745. The molecule has 0 bridgehead atoms. The van der Waals surface area contributed by atoms with E-state index in [1.165, 1.54) is 25.5 Å². The Morgan fingerprint density at radius 1 is 1.22 bits per heavy atom. The van der Waals surface area contributed by atoms with Crippen molar-refractivity contribution < 1.29 is 17.9 Å². The summed E-state index contributed by atoms with van der Waals surface area (Å²) in [5.41, 5.74) is 0.928. The lowest BCUT2D eigenvalue weighted by Crippen LogP contribution is -2.41. The number of methoxy groups -OCH3 is 1. The van der Waals surface area contributed by atoms with E-state index in [1.54, 1.807) is 13.2 Å². The van der Waals surface area contributed by atoms with E-state index in [1.807, 2.05) is 38.1 Å². The number of benzene rings is 1. The second-order valence-corrected chi connectivity index (χ2v) is 8.56. The maximum atomic E-state index is 12.5. The molecule has 1 aromatic carbocycles. The molecule has 1 heterocycles. The third-order valence-corrected chi connectivity index (χ3v) is 5.95. The molecular formula is C19H25N3O4S. The van der Waals surface area contributed by atoms with Gasteiger partial charge in [0.1, 0.15) is 10.6 Å². The van der Waals surface area contributed by atoms with Crippen molar-refractivity contribution in [2.75, 3.05) is 20.7 Å². The molecule has 7 nitrogen and oxygen atoms in total. The number of nitrogens with zero attached hydrogens (tertiary/aromatic N) is 2. The first-order chi connectivity index (χ1) is 12.8. The zero-order valence-electron chi connectivity index (χ0n) is 15.9. The molecule has 146 valence electrons. The van der Waals surface area contributed by atoms with Gasteiger partial charge in [0.2, 0.25) is 15.9 Å². The third kappa shape index (κ3) is 5.27. The van der Waals surface area contributed by atoms with Crippen molar-refractivity contribution in [3.8, 4) is 5.75 Å². The molecule has 0 saturated heterocycles. The van der Waals surface area contributed by atoms with Crippen LogP contribution in [-0.2, 0) is 14.8 Å². The molecule has 1 aromatic heterocycles. The highest BCUT2D eigenvalue weighted by Gasteiger charge is 2.25. The predicted octanol–water partition coefficient (Wildman–Crippen LogP) is 2.22. The summed E-state index contributed by atoms with van der Waals surface area (Å²) in [6.45, 7) is 3.70. The van der Waals surface area contributed by atoms with Crippen LogP contribution >= 0.6 is 0 Å². The number of sulfonamides is 1. The number of hydrogen-bond donors (Lipinski definition) is 1. The van der Waals surface area contributed by atoms with Crippen LogP contribution in [0.2, 0.25) is 0 Å². The van der Waals surface area contributed by atoms with Gasteiger partial charge < -0.3 is 10.1 Å². The number of amides is 1. The van der Waals surface area contributed by atoms with Gasteiger partial charge in [-0.3, -0.25) is 9.78 Å². The monoisotopic (exact) mass is 391 g/mol. The Bertz CT molecular complexity index is 852. The van der Waals surface area contributed by atoms with Gasteiger partial charge in [-0.05, 0) is 35.7 Å². The lowest BCUT2D eigenvalue weighted by atomic mass is 9.96. The normalized spacial score (nSPS) is 12.8. The van der Waals surface area contributed by atoms with Crippen LogP contribution in [0.3, 0.4) is 0 Å². The maximum Gasteiger partial charge on any atom is 0.244 e. The number of aromatic nitrogens is 1. The van der Waals surface area contributed by atoms with Gasteiger partial charge in [-0.2, -0.15) is 4.31 Å². The number of carbonyl (C=O) groups excluding carboxylic acids is 1. The molecular weight excluding hydrogens is 366 g/mol. The van der Waals surface area contributed by atoms with Crippen LogP contribution in [0, 0.1) is 5.92 Å². The summed E-state index contributed by atoms with van der Waals surface area (Å²) < 4.78 is 31.2. The number of ether oxygens (including phenoxy) is 1. The Balaban J connectivity index is 2.09. The Morgan fingerprint density at radius 2 is 1.89 bits per heavy atom. The highest BCUT2D eigenvalue weighted by molar-refractivity contribution is 7.89. The fraction of sp³-hybridized carbons (Fsp3) is 0.368. The summed E-state index contributed by atoms with van der Waals surface area (Å²) in [5.74, 6) is 0.483. The lowest BCUT2D eigenvalue weighted by molar-refractivity contribution is -0.122. The molecule has 0 aliphatic heterocycles. The molecule has 1 N–H and O–H groups in total. The third-order valence-electron chi connectivity index (χ3n) is 4.17. The van der Waals surface area contributed by atoms with Crippen molar-refractivity contribution in [3.05, 3.63) is 54.4 Å². The van der Waals surface area contributed by atoms with E-state index in [2.05, 4.69) is 10.3 Å². The van der Waals surface area contributed by atoms with Crippen LogP contribution in [0.1, 0.15) is 25.5 Å². The molecule has 1 atom stereocenters. The van der Waals surface area contributed by atoms with Crippen LogP contribution < -0.4 is 10.1 Å². The average molecular weight is 391 g/mol. The molecule has 0 aliphatic carbocycles. The Morgan fingerprint density at radius 3 is 2.41 bits per heavy atom. The van der Waals surface area contributed by atoms with Gasteiger partial charge in [0, 0.05) is 19.4 Å². The summed E-state index contributed by atoms with van der Waals surface area (Å²) in [5, 5.41) is 2.92. The second-order valence-electron chi connectivity index (χ2n) is 6.51. The van der Waals surface area contributed by atoms with Crippen molar-refractivity contribution >= 4 is 15.9 Å². The topological polar surface area (TPSA) is 88.6 Å². The van der Waals surface area contributed by atoms with Gasteiger partial charge in [-0.1, -0.05) is 26.0 Å². The summed E-state index contributed by atoms with van der Waals surface area (Å²) in [4.78, 5) is 16.4. The molecule has 0 saturated carbocycles. The minimum Gasteiger partial charge on any atom is -0.497 e. The molecule has 0 spiro atoms. The molecule has 1 amide bonds. The largest absolute Gasteiger partial charge is 0.497 e. The highest BCUT2D eigenvalue weighted by atomic mass is 32.2. The summed E-state index contributed by atoms with van der Waals surface area (Å²) in [6.07, 6.45) is 2.76. The number of pyridine rings is 1. The molecule has 1 unspecified atom stereocenters. The number of rotatable bonds is 8. The summed E-state index contributed by atoms with van der Waals surface area (Å²) in [7, 11) is -0.803. The van der Waals surface area contributed by atoms with Crippen LogP contribution in [0.15, 0.2) is 53.7 Å². The minimum absolute atomic E-state index is 0.0517. The fourth-order valence-electron chi connectivity index (χ4n) is 2.63. The van der Waals surface area contributed by atoms with Crippen molar-refractivity contribution in [1.82, 2.24) is 14.6 Å². The molecule has 2 rings (SSSR count). The molecule has 8 heteroatoms. The molecule has 2 aromatic rings. The number of likely N-dealkylation sites (N-methyl/N-ethyl adjacent to an activating group) is 1. The molecule has 0 aliphatic rings. The van der Waals surface area contributed by atoms with E-state index in [4.69, 9.17) is 4.74 Å². The average Bonchev–Trinajstić information content (AvgIpc) is 2.66. The van der Waals surface area contributed by atoms with E-state index in [9.17, 15) is 13.2 Å². The molecule has 27 heavy (non-hydrogen) atoms. The summed E-state index contributed by atoms with van der Waals surface area (Å²) in [6, 6.07) is 10.2. The Labute approximate surface area is 160 Å². The highest BCUT2D eigenvalue weighted by Crippen LogP contribution is 2.24. The van der Waals surface area contributed by atoms with Gasteiger partial charge in [0.15, 0.2) is 0 Å². The van der Waals surface area contributed by atoms with E-state index in [0.29, 0.717) is 0 Å². The Hall–Kier alpha value is -2.45. The first kappa shape index (κ1) is 20.9. The fourth-order valence-corrected chi connectivity index (χ4v) is 3.72. The first-order valence-electron chi connectivity index (χ1n) is 8.55. The van der Waals surface area contributed by atoms with Crippen LogP contribution in [0.5, 0.6) is 5.75 Å². The van der Waals surface area contributed by atoms with Crippen molar-refractivity contribution in [3.63, 3.8) is 0 Å². The lowest BCUT2D eigenvalue weighted by Gasteiger charge is -2.24. The number of nitrogens with one attached hydrogen (secondary N) is 1. The van der Waals surface area contributed by atoms with E-state index < -0.39 is 10.0 Å². The van der Waals surface area contributed by atoms with E-state index in [0.717, 1.165) is 15.6 Å². The van der Waals surface area contributed by atoms with Crippen LogP contribution in [-0.4, -0.2) is 44.3 Å². The zero-order valence-corrected chi connectivity index (χ0v) is 16.7. The van der Waals surface area contributed by atoms with Crippen LogP contribution in [0.4, 0.5) is 0 Å². The van der Waals surface area contributed by atoms with Gasteiger partial charge in [0.25, 0.3) is 0 Å². The van der Waals surface area contributed by atoms with Crippen molar-refractivity contribution in [2.45, 2.75) is 24.8 Å². The second kappa shape index (κ2) is 8.96. The van der Waals surface area contributed by atoms with Gasteiger partial charge in [-0.15, -0.1) is 0 Å². The van der Waals surface area contributed by atoms with Gasteiger partial charge in [-0.25, -0.2) is 8.42 Å². The number of carbonyl (C=O) groups is 1. The Kier molecular flexibility index (Phi) is 6.92. The van der Waals surface area contributed by atoms with Gasteiger partial charge >= 0.3 is 0 Å². The van der Waals surface area contributed by atoms with Crippen LogP contribution in [0.25, 0.3) is 0 Å². The molecule has 0 radical (unpaired) electrons. The summed E-state index contributed by atoms with van der Waals surface area (Å²) >= 11 is 0. The SMILES string of the molecule is COc1ccc(C(NC(=O)CN(C)S(=O)(=O)c2cccnc2)C(C)C)cc1. The number of hydrogen-bond acceptors (Lipinski definition) is 5. The molecule has 0 fully saturated rings.